The van der Waals surface area contributed by atoms with Gasteiger partial charge in [-0.1, -0.05) is 19.1 Å². The lowest BCUT2D eigenvalue weighted by Gasteiger charge is -2.08. The van der Waals surface area contributed by atoms with Gasteiger partial charge in [0.05, 0.1) is 18.4 Å². The molecule has 2 aromatic rings. The number of aromatic carboxylic acids is 1. The van der Waals surface area contributed by atoms with Crippen LogP contribution in [-0.4, -0.2) is 35.9 Å². The molecule has 0 aromatic carbocycles. The second-order valence-corrected chi connectivity index (χ2v) is 5.15. The molecular formula is C13H19N5O2. The number of rotatable bonds is 6. The number of aromatic nitrogens is 5. The molecule has 0 amide bonds. The summed E-state index contributed by atoms with van der Waals surface area (Å²) in [6.07, 6.45) is 4.34. The topological polar surface area (TPSA) is 85.8 Å². The van der Waals surface area contributed by atoms with Gasteiger partial charge in [-0.15, -0.1) is 5.10 Å². The van der Waals surface area contributed by atoms with E-state index in [1.807, 2.05) is 31.6 Å². The predicted octanol–water partition coefficient (Wildman–Crippen LogP) is 1.44. The molecule has 108 valence electrons. The average molecular weight is 277 g/mol. The third-order valence-corrected chi connectivity index (χ3v) is 2.98. The first kappa shape index (κ1) is 14.2. The summed E-state index contributed by atoms with van der Waals surface area (Å²) in [5, 5.41) is 21.1. The summed E-state index contributed by atoms with van der Waals surface area (Å²) in [7, 11) is 0. The monoisotopic (exact) mass is 277 g/mol. The Bertz CT molecular complexity index is 600. The molecule has 7 heteroatoms. The van der Waals surface area contributed by atoms with Crippen LogP contribution < -0.4 is 0 Å². The molecule has 0 bridgehead atoms. The first-order valence-electron chi connectivity index (χ1n) is 6.68. The van der Waals surface area contributed by atoms with E-state index in [1.54, 1.807) is 10.9 Å². The number of carboxylic acids is 1. The molecule has 20 heavy (non-hydrogen) atoms. The van der Waals surface area contributed by atoms with Crippen molar-refractivity contribution < 1.29 is 9.90 Å². The Kier molecular flexibility index (Phi) is 4.16. The Labute approximate surface area is 117 Å². The second kappa shape index (κ2) is 5.85. The van der Waals surface area contributed by atoms with Crippen LogP contribution in [0.25, 0.3) is 0 Å². The van der Waals surface area contributed by atoms with Crippen LogP contribution in [-0.2, 0) is 19.5 Å². The molecular weight excluding hydrogens is 258 g/mol. The van der Waals surface area contributed by atoms with Gasteiger partial charge < -0.3 is 5.11 Å². The number of aryl methyl sites for hydroxylation is 1. The van der Waals surface area contributed by atoms with Crippen molar-refractivity contribution in [3.05, 3.63) is 29.3 Å². The maximum Gasteiger partial charge on any atom is 0.358 e. The van der Waals surface area contributed by atoms with E-state index in [1.165, 1.54) is 0 Å². The van der Waals surface area contributed by atoms with Crippen molar-refractivity contribution in [2.24, 2.45) is 5.92 Å². The lowest BCUT2D eigenvalue weighted by atomic mass is 10.1. The fourth-order valence-corrected chi connectivity index (χ4v) is 2.05. The number of carboxylic acid groups (broad SMARTS) is 1. The van der Waals surface area contributed by atoms with E-state index in [-0.39, 0.29) is 5.69 Å². The molecule has 0 atom stereocenters. The van der Waals surface area contributed by atoms with Crippen molar-refractivity contribution >= 4 is 5.97 Å². The first-order valence-corrected chi connectivity index (χ1v) is 6.68. The van der Waals surface area contributed by atoms with Crippen LogP contribution in [0.3, 0.4) is 0 Å². The lowest BCUT2D eigenvalue weighted by Crippen LogP contribution is -2.11. The zero-order valence-electron chi connectivity index (χ0n) is 11.9. The number of nitrogens with zero attached hydrogens (tertiary/aromatic N) is 5. The van der Waals surface area contributed by atoms with E-state index in [4.69, 9.17) is 5.11 Å². The van der Waals surface area contributed by atoms with Gasteiger partial charge >= 0.3 is 5.97 Å². The Morgan fingerprint density at radius 2 is 2.20 bits per heavy atom. The third-order valence-electron chi connectivity index (χ3n) is 2.98. The summed E-state index contributed by atoms with van der Waals surface area (Å²) in [6, 6.07) is 0. The summed E-state index contributed by atoms with van der Waals surface area (Å²) < 4.78 is 3.48. The normalized spacial score (nSPS) is 11.2. The largest absolute Gasteiger partial charge is 0.476 e. The van der Waals surface area contributed by atoms with Gasteiger partial charge in [-0.3, -0.25) is 4.68 Å². The Hall–Kier alpha value is -2.18. The molecule has 0 saturated heterocycles. The van der Waals surface area contributed by atoms with Crippen molar-refractivity contribution in [2.75, 3.05) is 0 Å². The van der Waals surface area contributed by atoms with E-state index >= 15 is 0 Å². The van der Waals surface area contributed by atoms with Gasteiger partial charge in [0, 0.05) is 18.3 Å². The van der Waals surface area contributed by atoms with Gasteiger partial charge in [-0.05, 0) is 19.3 Å². The second-order valence-electron chi connectivity index (χ2n) is 5.15. The van der Waals surface area contributed by atoms with Gasteiger partial charge in [0.25, 0.3) is 0 Å². The van der Waals surface area contributed by atoms with E-state index in [0.717, 1.165) is 12.1 Å². The molecule has 0 unspecified atom stereocenters. The highest BCUT2D eigenvalue weighted by molar-refractivity contribution is 5.86. The molecule has 0 aliphatic carbocycles. The fourth-order valence-electron chi connectivity index (χ4n) is 2.05. The van der Waals surface area contributed by atoms with Gasteiger partial charge in [0.2, 0.25) is 0 Å². The molecule has 0 aliphatic rings. The molecule has 1 N–H and O–H groups in total. The zero-order chi connectivity index (χ0) is 14.7. The van der Waals surface area contributed by atoms with Crippen molar-refractivity contribution in [3.63, 3.8) is 0 Å². The summed E-state index contributed by atoms with van der Waals surface area (Å²) in [5.41, 5.74) is 1.69. The molecule has 0 fully saturated rings. The molecule has 2 heterocycles. The number of carbonyl (C=O) groups is 1. The van der Waals surface area contributed by atoms with Crippen LogP contribution >= 0.6 is 0 Å². The molecule has 7 nitrogen and oxygen atoms in total. The minimum absolute atomic E-state index is 0.0431. The van der Waals surface area contributed by atoms with Gasteiger partial charge in [0.15, 0.2) is 5.69 Å². The average Bonchev–Trinajstić information content (AvgIpc) is 2.97. The van der Waals surface area contributed by atoms with Crippen LogP contribution in [0.5, 0.6) is 0 Å². The highest BCUT2D eigenvalue weighted by atomic mass is 16.4. The lowest BCUT2D eigenvalue weighted by molar-refractivity contribution is 0.0689. The Balaban J connectivity index is 2.28. The SMILES string of the molecule is CCn1cc(Cn2nnc(C(=O)O)c2CC(C)C)cn1. The van der Waals surface area contributed by atoms with Crippen LogP contribution in [0, 0.1) is 5.92 Å². The van der Waals surface area contributed by atoms with E-state index in [0.29, 0.717) is 24.6 Å². The summed E-state index contributed by atoms with van der Waals surface area (Å²) in [5.74, 6) is -0.695. The van der Waals surface area contributed by atoms with E-state index < -0.39 is 5.97 Å². The number of hydrogen-bond donors (Lipinski definition) is 1. The maximum atomic E-state index is 11.2. The minimum atomic E-state index is -1.03. The van der Waals surface area contributed by atoms with Gasteiger partial charge in [-0.2, -0.15) is 5.10 Å². The van der Waals surface area contributed by atoms with Crippen molar-refractivity contribution in [3.8, 4) is 0 Å². The molecule has 0 aliphatic heterocycles. The smallest absolute Gasteiger partial charge is 0.358 e. The minimum Gasteiger partial charge on any atom is -0.476 e. The fraction of sp³-hybridized carbons (Fsp3) is 0.538. The predicted molar refractivity (Wildman–Crippen MR) is 72.5 cm³/mol. The van der Waals surface area contributed by atoms with Crippen molar-refractivity contribution in [1.82, 2.24) is 24.8 Å². The molecule has 2 aromatic heterocycles. The quantitative estimate of drug-likeness (QED) is 0.863. The highest BCUT2D eigenvalue weighted by Gasteiger charge is 2.20. The molecule has 2 rings (SSSR count). The van der Waals surface area contributed by atoms with Crippen molar-refractivity contribution in [2.45, 2.75) is 40.3 Å². The Morgan fingerprint density at radius 1 is 1.45 bits per heavy atom. The van der Waals surface area contributed by atoms with Crippen LogP contribution in [0.4, 0.5) is 0 Å². The maximum absolute atomic E-state index is 11.2. The molecule has 0 saturated carbocycles. The van der Waals surface area contributed by atoms with Crippen LogP contribution in [0.15, 0.2) is 12.4 Å². The van der Waals surface area contributed by atoms with Crippen LogP contribution in [0.1, 0.15) is 42.5 Å². The van der Waals surface area contributed by atoms with E-state index in [9.17, 15) is 4.79 Å². The summed E-state index contributed by atoms with van der Waals surface area (Å²) in [4.78, 5) is 11.2. The highest BCUT2D eigenvalue weighted by Crippen LogP contribution is 2.13. The first-order chi connectivity index (χ1) is 9.51. The number of hydrogen-bond acceptors (Lipinski definition) is 4. The summed E-state index contributed by atoms with van der Waals surface area (Å²) >= 11 is 0. The van der Waals surface area contributed by atoms with Crippen LogP contribution in [0.2, 0.25) is 0 Å². The standard InChI is InChI=1S/C13H19N5O2/c1-4-17-7-10(6-14-17)8-18-11(5-9(2)3)12(13(19)20)15-16-18/h6-7,9H,4-5,8H2,1-3H3,(H,19,20). The van der Waals surface area contributed by atoms with E-state index in [2.05, 4.69) is 15.4 Å². The van der Waals surface area contributed by atoms with Crippen molar-refractivity contribution in [1.29, 1.82) is 0 Å². The van der Waals surface area contributed by atoms with Gasteiger partial charge in [0.1, 0.15) is 0 Å². The third kappa shape index (κ3) is 3.04. The van der Waals surface area contributed by atoms with Gasteiger partial charge in [-0.25, -0.2) is 9.48 Å². The zero-order valence-corrected chi connectivity index (χ0v) is 11.9. The summed E-state index contributed by atoms with van der Waals surface area (Å²) in [6.45, 7) is 7.38. The molecule has 0 radical (unpaired) electrons. The Morgan fingerprint density at radius 3 is 2.75 bits per heavy atom. The molecule has 0 spiro atoms.